The molecule has 0 radical (unpaired) electrons. The van der Waals surface area contributed by atoms with Crippen molar-refractivity contribution >= 4 is 11.9 Å². The molecule has 2 aromatic carbocycles. The molecule has 1 N–H and O–H groups in total. The fourth-order valence-electron chi connectivity index (χ4n) is 2.99. The van der Waals surface area contributed by atoms with Crippen LogP contribution >= 0.6 is 0 Å². The maximum absolute atomic E-state index is 5.14. The van der Waals surface area contributed by atoms with E-state index in [-0.39, 0.29) is 0 Å². The van der Waals surface area contributed by atoms with Crippen LogP contribution in [0.25, 0.3) is 16.7 Å². The predicted octanol–water partition coefficient (Wildman–Crippen LogP) is 8.31. The number of aliphatic imine (C=N–C) groups is 1. The second-order valence-corrected chi connectivity index (χ2v) is 7.22. The fraction of sp³-hybridized carbons (Fsp3) is 0.379. The molecule has 3 rings (SSSR count). The van der Waals surface area contributed by atoms with E-state index in [0.29, 0.717) is 0 Å². The Kier molecular flexibility index (Phi) is 14.9. The van der Waals surface area contributed by atoms with Crippen LogP contribution in [0.4, 0.5) is 0 Å². The highest BCUT2D eigenvalue weighted by Gasteiger charge is 2.10. The summed E-state index contributed by atoms with van der Waals surface area (Å²) in [5, 5.41) is 7.08. The van der Waals surface area contributed by atoms with Gasteiger partial charge in [-0.15, -0.1) is 0 Å². The van der Waals surface area contributed by atoms with E-state index < -0.39 is 0 Å². The van der Waals surface area contributed by atoms with Gasteiger partial charge in [0.05, 0.1) is 12.0 Å². The number of hydrogen-bond donors (Lipinski definition) is 1. The van der Waals surface area contributed by atoms with Gasteiger partial charge in [-0.05, 0) is 58.2 Å². The summed E-state index contributed by atoms with van der Waals surface area (Å²) >= 11 is 0. The first-order valence-electron chi connectivity index (χ1n) is 11.7. The Hall–Kier alpha value is -3.14. The Morgan fingerprint density at radius 2 is 1.48 bits per heavy atom. The summed E-state index contributed by atoms with van der Waals surface area (Å²) in [7, 11) is 1.75. The van der Waals surface area contributed by atoms with E-state index in [2.05, 4.69) is 91.7 Å². The van der Waals surface area contributed by atoms with Crippen LogP contribution in [-0.2, 0) is 0 Å². The third-order valence-corrected chi connectivity index (χ3v) is 4.80. The monoisotopic (exact) mass is 449 g/mol. The molecule has 0 saturated carbocycles. The molecular formula is C29H43N3O. The molecular weight excluding hydrogens is 406 g/mol. The van der Waals surface area contributed by atoms with Crippen LogP contribution in [0.5, 0.6) is 0 Å². The molecule has 3 aromatic rings. The largest absolute Gasteiger partial charge is 0.361 e. The van der Waals surface area contributed by atoms with Crippen molar-refractivity contribution < 1.29 is 4.52 Å². The van der Waals surface area contributed by atoms with Crippen molar-refractivity contribution in [2.24, 2.45) is 4.99 Å². The summed E-state index contributed by atoms with van der Waals surface area (Å²) in [5.74, 6) is 0.883. The molecule has 0 amide bonds. The molecule has 0 aliphatic rings. The van der Waals surface area contributed by atoms with Gasteiger partial charge in [-0.25, -0.2) is 0 Å². The Bertz CT molecular complexity index is 976. The summed E-state index contributed by atoms with van der Waals surface area (Å²) in [6, 6.07) is 16.9. The number of aryl methyl sites for hydroxylation is 4. The second-order valence-electron chi connectivity index (χ2n) is 7.22. The highest BCUT2D eigenvalue weighted by Crippen LogP contribution is 2.27. The minimum atomic E-state index is 0.883. The van der Waals surface area contributed by atoms with Crippen molar-refractivity contribution in [2.45, 2.75) is 69.2 Å². The van der Waals surface area contributed by atoms with Crippen molar-refractivity contribution in [3.63, 3.8) is 0 Å². The fourth-order valence-corrected chi connectivity index (χ4v) is 2.99. The van der Waals surface area contributed by atoms with Crippen LogP contribution in [0, 0.1) is 27.7 Å². The van der Waals surface area contributed by atoms with E-state index in [1.54, 1.807) is 13.4 Å². The first-order chi connectivity index (χ1) is 15.8. The van der Waals surface area contributed by atoms with Crippen LogP contribution in [-0.4, -0.2) is 18.5 Å². The molecule has 0 atom stereocenters. The van der Waals surface area contributed by atoms with E-state index in [1.165, 1.54) is 27.8 Å². The molecule has 4 nitrogen and oxygen atoms in total. The van der Waals surface area contributed by atoms with Gasteiger partial charge in [-0.2, -0.15) is 0 Å². The summed E-state index contributed by atoms with van der Waals surface area (Å²) < 4.78 is 5.14. The standard InChI is InChI=1S/C13H18N2.C12H13NO.2C2H6/c1-10-5-7-13(8-6-10)11(2)12(3)15-9-14-4;1-8-5-4-6-11(7-8)12-9(2)13-14-10(12)3;2*1-2/h5-9H,1-4H3,(H,14,15);4-7H,1-3H3;2*1-2H3/b12-11+;;;. The van der Waals surface area contributed by atoms with Crippen LogP contribution in [0.15, 0.2) is 63.7 Å². The number of benzene rings is 2. The molecule has 180 valence electrons. The van der Waals surface area contributed by atoms with E-state index in [9.17, 15) is 0 Å². The van der Waals surface area contributed by atoms with Gasteiger partial charge in [0.1, 0.15) is 5.76 Å². The number of nitrogens with zero attached hydrogens (tertiary/aromatic N) is 2. The van der Waals surface area contributed by atoms with E-state index in [4.69, 9.17) is 4.52 Å². The van der Waals surface area contributed by atoms with Crippen molar-refractivity contribution in [2.75, 3.05) is 7.05 Å². The number of aromatic nitrogens is 1. The molecule has 0 spiro atoms. The van der Waals surface area contributed by atoms with Crippen molar-refractivity contribution in [3.8, 4) is 11.1 Å². The quantitative estimate of drug-likeness (QED) is 0.322. The minimum Gasteiger partial charge on any atom is -0.361 e. The SMILES string of the molecule is CC.CC.CN=CN/C(C)=C(\C)c1ccc(C)cc1.Cc1cccc(-c2c(C)noc2C)c1. The van der Waals surface area contributed by atoms with Crippen LogP contribution in [0.3, 0.4) is 0 Å². The first-order valence-corrected chi connectivity index (χ1v) is 11.7. The summed E-state index contributed by atoms with van der Waals surface area (Å²) in [4.78, 5) is 3.90. The van der Waals surface area contributed by atoms with Gasteiger partial charge in [0.2, 0.25) is 0 Å². The lowest BCUT2D eigenvalue weighted by Gasteiger charge is -2.07. The number of rotatable bonds is 4. The Morgan fingerprint density at radius 1 is 0.879 bits per heavy atom. The molecule has 0 fully saturated rings. The molecule has 4 heteroatoms. The van der Waals surface area contributed by atoms with Gasteiger partial charge >= 0.3 is 0 Å². The predicted molar refractivity (Wildman–Crippen MR) is 146 cm³/mol. The lowest BCUT2D eigenvalue weighted by atomic mass is 10.0. The number of allylic oxidation sites excluding steroid dienone is 2. The average molecular weight is 450 g/mol. The molecule has 0 saturated heterocycles. The maximum atomic E-state index is 5.14. The normalized spacial score (nSPS) is 10.6. The van der Waals surface area contributed by atoms with Crippen LogP contribution in [0.1, 0.15) is 69.7 Å². The number of hydrogen-bond acceptors (Lipinski definition) is 3. The molecule has 1 aromatic heterocycles. The number of nitrogens with one attached hydrogen (secondary N) is 1. The Balaban J connectivity index is 0.000000540. The van der Waals surface area contributed by atoms with E-state index >= 15 is 0 Å². The summed E-state index contributed by atoms with van der Waals surface area (Å²) in [6.45, 7) is 20.2. The topological polar surface area (TPSA) is 50.4 Å². The van der Waals surface area contributed by atoms with Crippen molar-refractivity contribution in [1.29, 1.82) is 0 Å². The van der Waals surface area contributed by atoms with Gasteiger partial charge in [0.15, 0.2) is 0 Å². The third-order valence-electron chi connectivity index (χ3n) is 4.80. The van der Waals surface area contributed by atoms with Gasteiger partial charge in [0.25, 0.3) is 0 Å². The molecule has 1 heterocycles. The third kappa shape index (κ3) is 9.90. The molecule has 0 unspecified atom stereocenters. The smallest absolute Gasteiger partial charge is 0.141 e. The van der Waals surface area contributed by atoms with Gasteiger partial charge in [-0.3, -0.25) is 4.99 Å². The maximum Gasteiger partial charge on any atom is 0.141 e. The highest BCUT2D eigenvalue weighted by molar-refractivity contribution is 5.70. The lowest BCUT2D eigenvalue weighted by Crippen LogP contribution is -2.09. The average Bonchev–Trinajstić information content (AvgIpc) is 3.18. The van der Waals surface area contributed by atoms with Crippen molar-refractivity contribution in [3.05, 3.63) is 82.4 Å². The molecule has 0 aliphatic carbocycles. The van der Waals surface area contributed by atoms with Gasteiger partial charge in [0, 0.05) is 18.3 Å². The first kappa shape index (κ1) is 29.9. The molecule has 0 aliphatic heterocycles. The van der Waals surface area contributed by atoms with E-state index in [0.717, 1.165) is 22.7 Å². The zero-order valence-electron chi connectivity index (χ0n) is 22.5. The highest BCUT2D eigenvalue weighted by atomic mass is 16.5. The zero-order chi connectivity index (χ0) is 25.4. The Labute approximate surface area is 201 Å². The summed E-state index contributed by atoms with van der Waals surface area (Å²) in [5.41, 5.74) is 9.41. The lowest BCUT2D eigenvalue weighted by molar-refractivity contribution is 0.393. The minimum absolute atomic E-state index is 0.883. The van der Waals surface area contributed by atoms with Crippen molar-refractivity contribution in [1.82, 2.24) is 10.5 Å². The molecule has 0 bridgehead atoms. The molecule has 33 heavy (non-hydrogen) atoms. The zero-order valence-corrected chi connectivity index (χ0v) is 22.5. The Morgan fingerprint density at radius 3 is 1.97 bits per heavy atom. The summed E-state index contributed by atoms with van der Waals surface area (Å²) in [6.07, 6.45) is 1.70. The van der Waals surface area contributed by atoms with Crippen LogP contribution < -0.4 is 5.32 Å². The van der Waals surface area contributed by atoms with Crippen LogP contribution in [0.2, 0.25) is 0 Å². The van der Waals surface area contributed by atoms with Gasteiger partial charge < -0.3 is 9.84 Å². The van der Waals surface area contributed by atoms with Gasteiger partial charge in [-0.1, -0.05) is 92.5 Å². The van der Waals surface area contributed by atoms with E-state index in [1.807, 2.05) is 41.5 Å². The second kappa shape index (κ2) is 16.5.